The molecule has 0 spiro atoms. The Bertz CT molecular complexity index is 1160. The van der Waals surface area contributed by atoms with Crippen LogP contribution in [-0.2, 0) is 11.2 Å². The second-order valence-electron chi connectivity index (χ2n) is 8.34. The van der Waals surface area contributed by atoms with Gasteiger partial charge in [-0.15, -0.1) is 0 Å². The lowest BCUT2D eigenvalue weighted by Gasteiger charge is -2.41. The van der Waals surface area contributed by atoms with Crippen LogP contribution < -0.4 is 15.4 Å². The van der Waals surface area contributed by atoms with E-state index in [2.05, 4.69) is 10.6 Å². The summed E-state index contributed by atoms with van der Waals surface area (Å²) in [5, 5.41) is 15.0. The Morgan fingerprint density at radius 3 is 2.38 bits per heavy atom. The van der Waals surface area contributed by atoms with E-state index >= 15 is 0 Å². The number of ether oxygens (including phenoxy) is 1. The van der Waals surface area contributed by atoms with Crippen molar-refractivity contribution in [3.05, 3.63) is 53.6 Å². The fourth-order valence-corrected chi connectivity index (χ4v) is 4.60. The Kier molecular flexibility index (Phi) is 5.29. The summed E-state index contributed by atoms with van der Waals surface area (Å²) in [6, 6.07) is 6.19. The number of hydrogen-bond acceptors (Lipinski definition) is 4. The summed E-state index contributed by atoms with van der Waals surface area (Å²) in [4.78, 5) is 23.1. The van der Waals surface area contributed by atoms with Gasteiger partial charge in [0.05, 0.1) is 30.9 Å². The number of rotatable bonds is 5. The first kappa shape index (κ1) is 24.1. The molecule has 13 heteroatoms. The number of nitrogens with one attached hydrogen (secondary N) is 2. The Balaban J connectivity index is 1.53. The van der Waals surface area contributed by atoms with E-state index in [4.69, 9.17) is 4.74 Å². The first-order valence-electron chi connectivity index (χ1n) is 10.2. The van der Waals surface area contributed by atoms with Gasteiger partial charge in [0, 0.05) is 6.92 Å². The van der Waals surface area contributed by atoms with Crippen LogP contribution in [0, 0.1) is 0 Å². The molecular formula is C21H22F5N3O4S. The number of amides is 3. The standard InChI is InChI=1S/C21H22F5N3O4S/c1-12(30)29-10-14(11-29)33-19-7-6-15(34(22,23,24,25)26)9-17(19)27-21(32)28-18-8-13-4-2-3-5-16(13)20(18)31/h2-7,9,14,18,20,31H,8,10-11H2,1H3,(H2,27,28,32). The number of carbonyl (C=O) groups excluding carboxylic acids is 2. The highest BCUT2D eigenvalue weighted by Gasteiger charge is 2.65. The molecule has 2 aromatic carbocycles. The zero-order valence-corrected chi connectivity index (χ0v) is 18.6. The number of likely N-dealkylation sites (tertiary alicyclic amines) is 1. The molecule has 0 bridgehead atoms. The number of anilines is 1. The molecule has 2 aromatic rings. The molecule has 34 heavy (non-hydrogen) atoms. The van der Waals surface area contributed by atoms with Crippen LogP contribution in [0.2, 0.25) is 0 Å². The molecule has 2 atom stereocenters. The van der Waals surface area contributed by atoms with Crippen molar-refractivity contribution in [3.8, 4) is 5.75 Å². The van der Waals surface area contributed by atoms with Crippen molar-refractivity contribution in [2.24, 2.45) is 0 Å². The van der Waals surface area contributed by atoms with Gasteiger partial charge in [0.15, 0.2) is 0 Å². The van der Waals surface area contributed by atoms with E-state index in [0.29, 0.717) is 11.6 Å². The van der Waals surface area contributed by atoms with Crippen LogP contribution in [0.4, 0.5) is 29.9 Å². The fraction of sp³-hybridized carbons (Fsp3) is 0.333. The lowest BCUT2D eigenvalue weighted by molar-refractivity contribution is -0.137. The van der Waals surface area contributed by atoms with Crippen molar-refractivity contribution < 1.29 is 38.9 Å². The normalized spacial score (nSPS) is 22.1. The minimum atomic E-state index is -10.0. The SMILES string of the molecule is CC(=O)N1CC(Oc2ccc(S(F)(F)(F)(F)F)cc2NC(=O)NC2Cc3ccccc3C2O)C1. The molecule has 0 radical (unpaired) electrons. The van der Waals surface area contributed by atoms with E-state index in [-0.39, 0.29) is 43.3 Å². The summed E-state index contributed by atoms with van der Waals surface area (Å²) in [6.45, 7) is 1.67. The van der Waals surface area contributed by atoms with E-state index in [1.165, 1.54) is 11.8 Å². The van der Waals surface area contributed by atoms with E-state index in [0.717, 1.165) is 5.56 Å². The highest BCUT2D eigenvalue weighted by molar-refractivity contribution is 8.45. The molecule has 2 aliphatic rings. The third-order valence-corrected chi connectivity index (χ3v) is 6.89. The van der Waals surface area contributed by atoms with Crippen LogP contribution in [0.5, 0.6) is 5.75 Å². The number of carbonyl (C=O) groups is 2. The molecule has 0 aromatic heterocycles. The number of hydrogen-bond donors (Lipinski definition) is 3. The molecule has 7 nitrogen and oxygen atoms in total. The summed E-state index contributed by atoms with van der Waals surface area (Å²) >= 11 is 0. The van der Waals surface area contributed by atoms with Gasteiger partial charge in [-0.2, -0.15) is 0 Å². The molecular weight excluding hydrogens is 485 g/mol. The van der Waals surface area contributed by atoms with Gasteiger partial charge < -0.3 is 25.4 Å². The monoisotopic (exact) mass is 507 g/mol. The third kappa shape index (κ3) is 5.04. The van der Waals surface area contributed by atoms with Crippen molar-refractivity contribution in [2.75, 3.05) is 18.4 Å². The maximum Gasteiger partial charge on any atom is 0.319 e. The Morgan fingerprint density at radius 2 is 1.76 bits per heavy atom. The minimum absolute atomic E-state index is 0.123. The maximum absolute atomic E-state index is 13.4. The van der Waals surface area contributed by atoms with Crippen molar-refractivity contribution in [1.29, 1.82) is 0 Å². The summed E-state index contributed by atoms with van der Waals surface area (Å²) in [7, 11) is -10.0. The Labute approximate surface area is 191 Å². The van der Waals surface area contributed by atoms with Gasteiger partial charge in [-0.25, -0.2) is 4.79 Å². The zero-order valence-electron chi connectivity index (χ0n) is 17.8. The number of aliphatic hydroxyl groups excluding tert-OH is 1. The molecule has 1 heterocycles. The quantitative estimate of drug-likeness (QED) is 0.511. The zero-order chi connectivity index (χ0) is 25.0. The van der Waals surface area contributed by atoms with Gasteiger partial charge in [-0.3, -0.25) is 4.79 Å². The highest BCUT2D eigenvalue weighted by atomic mass is 32.5. The molecule has 1 aliphatic heterocycles. The summed E-state index contributed by atoms with van der Waals surface area (Å²) in [5.74, 6) is -0.478. The van der Waals surface area contributed by atoms with Crippen LogP contribution >= 0.6 is 10.2 Å². The number of nitrogens with zero attached hydrogens (tertiary/aromatic N) is 1. The molecule has 1 saturated heterocycles. The molecule has 4 rings (SSSR count). The minimum Gasteiger partial charge on any atom is -0.485 e. The van der Waals surface area contributed by atoms with Crippen LogP contribution in [0.1, 0.15) is 24.2 Å². The number of urea groups is 1. The maximum atomic E-state index is 13.4. The number of benzene rings is 2. The third-order valence-electron chi connectivity index (χ3n) is 5.74. The lowest BCUT2D eigenvalue weighted by atomic mass is 10.1. The Morgan fingerprint density at radius 1 is 1.09 bits per heavy atom. The molecule has 186 valence electrons. The van der Waals surface area contributed by atoms with Crippen LogP contribution in [0.25, 0.3) is 0 Å². The molecule has 2 unspecified atom stereocenters. The average Bonchev–Trinajstić information content (AvgIpc) is 2.98. The first-order valence-corrected chi connectivity index (χ1v) is 12.2. The number of aliphatic hydroxyl groups is 1. The second-order valence-corrected chi connectivity index (χ2v) is 10.8. The largest absolute Gasteiger partial charge is 0.485 e. The van der Waals surface area contributed by atoms with E-state index < -0.39 is 45.1 Å². The summed E-state index contributed by atoms with van der Waals surface area (Å²) in [5.41, 5.74) is 0.793. The number of fused-ring (bicyclic) bond motifs is 1. The van der Waals surface area contributed by atoms with E-state index in [1.807, 2.05) is 0 Å². The molecule has 0 saturated carbocycles. The summed E-state index contributed by atoms with van der Waals surface area (Å²) in [6.07, 6.45) is -1.34. The predicted octanol–water partition coefficient (Wildman–Crippen LogP) is 4.73. The van der Waals surface area contributed by atoms with Crippen molar-refractivity contribution >= 4 is 27.8 Å². The molecule has 3 N–H and O–H groups in total. The lowest BCUT2D eigenvalue weighted by Crippen LogP contribution is -2.55. The smallest absolute Gasteiger partial charge is 0.319 e. The Hall–Kier alpha value is -3.06. The van der Waals surface area contributed by atoms with Crippen LogP contribution in [0.15, 0.2) is 47.4 Å². The van der Waals surface area contributed by atoms with E-state index in [9.17, 15) is 34.1 Å². The first-order chi connectivity index (χ1) is 15.6. The van der Waals surface area contributed by atoms with Crippen molar-refractivity contribution in [3.63, 3.8) is 0 Å². The average molecular weight is 507 g/mol. The van der Waals surface area contributed by atoms with Gasteiger partial charge in [0.2, 0.25) is 5.91 Å². The summed E-state index contributed by atoms with van der Waals surface area (Å²) < 4.78 is 72.4. The topological polar surface area (TPSA) is 90.9 Å². The van der Waals surface area contributed by atoms with Crippen molar-refractivity contribution in [2.45, 2.75) is 36.5 Å². The molecule has 3 amide bonds. The van der Waals surface area contributed by atoms with Gasteiger partial charge in [-0.1, -0.05) is 43.7 Å². The number of halogens is 5. The predicted molar refractivity (Wildman–Crippen MR) is 116 cm³/mol. The van der Waals surface area contributed by atoms with Gasteiger partial charge in [0.25, 0.3) is 0 Å². The van der Waals surface area contributed by atoms with Crippen LogP contribution in [-0.4, -0.2) is 47.2 Å². The molecule has 1 aliphatic carbocycles. The van der Waals surface area contributed by atoms with Gasteiger partial charge in [0.1, 0.15) is 16.7 Å². The van der Waals surface area contributed by atoms with E-state index in [1.54, 1.807) is 24.3 Å². The van der Waals surface area contributed by atoms with Gasteiger partial charge in [-0.05, 0) is 35.7 Å². The molecule has 1 fully saturated rings. The fourth-order valence-electron chi connectivity index (χ4n) is 3.93. The van der Waals surface area contributed by atoms with Gasteiger partial charge >= 0.3 is 16.3 Å². The second kappa shape index (κ2) is 7.47. The van der Waals surface area contributed by atoms with Crippen LogP contribution in [0.3, 0.4) is 0 Å². The van der Waals surface area contributed by atoms with Crippen molar-refractivity contribution in [1.82, 2.24) is 10.2 Å². The highest BCUT2D eigenvalue weighted by Crippen LogP contribution is 3.02.